The number of halogens is 3. The van der Waals surface area contributed by atoms with Crippen molar-refractivity contribution >= 4 is 17.5 Å². The topological polar surface area (TPSA) is 20.3 Å². The number of hydrogen-bond acceptors (Lipinski definition) is 1. The highest BCUT2D eigenvalue weighted by Gasteiger charge is 2.23. The lowest BCUT2D eigenvalue weighted by Gasteiger charge is -2.22. The molecule has 1 rings (SSSR count). The van der Waals surface area contributed by atoms with E-state index in [0.29, 0.717) is 12.3 Å². The third kappa shape index (κ3) is 4.64. The van der Waals surface area contributed by atoms with Gasteiger partial charge in [-0.05, 0) is 18.8 Å². The molecule has 0 aromatic heterocycles. The molecule has 0 aromatic carbocycles. The van der Waals surface area contributed by atoms with Gasteiger partial charge in [-0.25, -0.2) is 8.78 Å². The average Bonchev–Trinajstić information content (AvgIpc) is 2.69. The van der Waals surface area contributed by atoms with Crippen molar-refractivity contribution in [2.75, 3.05) is 19.0 Å². The molecule has 1 saturated carbocycles. The van der Waals surface area contributed by atoms with Gasteiger partial charge in [-0.1, -0.05) is 12.8 Å². The smallest absolute Gasteiger partial charge is 0.255 e. The van der Waals surface area contributed by atoms with E-state index in [0.717, 1.165) is 25.7 Å². The molecule has 0 radical (unpaired) electrons. The standard InChI is InChI=1S/C11H18ClF2NO/c12-5-6-15(8-10(13)14)11(16)7-9-3-1-2-4-9/h9-10H,1-8H2. The maximum atomic E-state index is 12.2. The Morgan fingerprint density at radius 3 is 2.50 bits per heavy atom. The number of alkyl halides is 3. The first-order valence-electron chi connectivity index (χ1n) is 5.75. The SMILES string of the molecule is O=C(CC1CCCC1)N(CCCl)CC(F)F. The second kappa shape index (κ2) is 7.05. The zero-order chi connectivity index (χ0) is 12.0. The van der Waals surface area contributed by atoms with Crippen LogP contribution in [-0.2, 0) is 4.79 Å². The van der Waals surface area contributed by atoms with Gasteiger partial charge in [0, 0.05) is 18.8 Å². The van der Waals surface area contributed by atoms with Crippen molar-refractivity contribution in [2.24, 2.45) is 5.92 Å². The van der Waals surface area contributed by atoms with E-state index in [1.165, 1.54) is 4.90 Å². The predicted octanol–water partition coefficient (Wildman–Crippen LogP) is 2.90. The van der Waals surface area contributed by atoms with Crippen LogP contribution in [0.15, 0.2) is 0 Å². The number of rotatable bonds is 6. The summed E-state index contributed by atoms with van der Waals surface area (Å²) in [6, 6.07) is 0. The first kappa shape index (κ1) is 13.7. The van der Waals surface area contributed by atoms with E-state index in [1.807, 2.05) is 0 Å². The van der Waals surface area contributed by atoms with Crippen LogP contribution in [0, 0.1) is 5.92 Å². The summed E-state index contributed by atoms with van der Waals surface area (Å²) in [5.74, 6) is 0.430. The fraction of sp³-hybridized carbons (Fsp3) is 0.909. The number of carbonyl (C=O) groups excluding carboxylic acids is 1. The van der Waals surface area contributed by atoms with Crippen molar-refractivity contribution in [3.05, 3.63) is 0 Å². The Morgan fingerprint density at radius 2 is 2.00 bits per heavy atom. The van der Waals surface area contributed by atoms with Gasteiger partial charge in [-0.2, -0.15) is 0 Å². The summed E-state index contributed by atoms with van der Waals surface area (Å²) in [5, 5.41) is 0. The summed E-state index contributed by atoms with van der Waals surface area (Å²) in [4.78, 5) is 12.9. The van der Waals surface area contributed by atoms with Crippen LogP contribution < -0.4 is 0 Å². The van der Waals surface area contributed by atoms with Crippen molar-refractivity contribution in [3.63, 3.8) is 0 Å². The van der Waals surface area contributed by atoms with Crippen LogP contribution in [0.3, 0.4) is 0 Å². The molecule has 1 fully saturated rings. The van der Waals surface area contributed by atoms with Crippen LogP contribution in [0.4, 0.5) is 8.78 Å². The molecule has 0 heterocycles. The van der Waals surface area contributed by atoms with Crippen LogP contribution in [0.5, 0.6) is 0 Å². The molecule has 1 aliphatic carbocycles. The van der Waals surface area contributed by atoms with Gasteiger partial charge in [0.2, 0.25) is 5.91 Å². The first-order chi connectivity index (χ1) is 7.63. The van der Waals surface area contributed by atoms with Gasteiger partial charge in [0.15, 0.2) is 0 Å². The number of carbonyl (C=O) groups is 1. The van der Waals surface area contributed by atoms with Crippen LogP contribution in [0.1, 0.15) is 32.1 Å². The highest BCUT2D eigenvalue weighted by atomic mass is 35.5. The highest BCUT2D eigenvalue weighted by molar-refractivity contribution is 6.18. The van der Waals surface area contributed by atoms with Gasteiger partial charge in [-0.3, -0.25) is 4.79 Å². The lowest BCUT2D eigenvalue weighted by Crippen LogP contribution is -2.37. The monoisotopic (exact) mass is 253 g/mol. The molecule has 1 amide bonds. The average molecular weight is 254 g/mol. The van der Waals surface area contributed by atoms with E-state index < -0.39 is 13.0 Å². The minimum Gasteiger partial charge on any atom is -0.336 e. The molecule has 0 bridgehead atoms. The predicted molar refractivity (Wildman–Crippen MR) is 59.9 cm³/mol. The molecule has 5 heteroatoms. The maximum absolute atomic E-state index is 12.2. The molecular weight excluding hydrogens is 236 g/mol. The molecular formula is C11H18ClF2NO. The van der Waals surface area contributed by atoms with E-state index in [9.17, 15) is 13.6 Å². The summed E-state index contributed by atoms with van der Waals surface area (Å²) in [5.41, 5.74) is 0. The van der Waals surface area contributed by atoms with Crippen LogP contribution in [-0.4, -0.2) is 36.2 Å². The van der Waals surface area contributed by atoms with Gasteiger partial charge >= 0.3 is 0 Å². The van der Waals surface area contributed by atoms with Crippen molar-refractivity contribution < 1.29 is 13.6 Å². The molecule has 0 unspecified atom stereocenters. The Labute approximate surface area is 99.9 Å². The van der Waals surface area contributed by atoms with Gasteiger partial charge in [-0.15, -0.1) is 11.6 Å². The number of hydrogen-bond donors (Lipinski definition) is 0. The van der Waals surface area contributed by atoms with Gasteiger partial charge in [0.05, 0.1) is 6.54 Å². The zero-order valence-electron chi connectivity index (χ0n) is 9.30. The molecule has 0 saturated heterocycles. The van der Waals surface area contributed by atoms with Crippen LogP contribution >= 0.6 is 11.6 Å². The summed E-state index contributed by atoms with van der Waals surface area (Å²) in [6.07, 6.45) is 2.34. The second-order valence-electron chi connectivity index (χ2n) is 4.27. The molecule has 0 aliphatic heterocycles. The Morgan fingerprint density at radius 1 is 1.38 bits per heavy atom. The minimum absolute atomic E-state index is 0.173. The van der Waals surface area contributed by atoms with E-state index in [4.69, 9.17) is 11.6 Å². The summed E-state index contributed by atoms with van der Waals surface area (Å²) in [6.45, 7) is -0.268. The highest BCUT2D eigenvalue weighted by Crippen LogP contribution is 2.28. The molecule has 0 spiro atoms. The minimum atomic E-state index is -2.48. The maximum Gasteiger partial charge on any atom is 0.255 e. The van der Waals surface area contributed by atoms with Crippen molar-refractivity contribution in [3.8, 4) is 0 Å². The molecule has 0 atom stereocenters. The van der Waals surface area contributed by atoms with Gasteiger partial charge in [0.25, 0.3) is 6.43 Å². The number of nitrogens with zero attached hydrogens (tertiary/aromatic N) is 1. The van der Waals surface area contributed by atoms with E-state index in [1.54, 1.807) is 0 Å². The van der Waals surface area contributed by atoms with Crippen molar-refractivity contribution in [1.29, 1.82) is 0 Å². The second-order valence-corrected chi connectivity index (χ2v) is 4.65. The lowest BCUT2D eigenvalue weighted by atomic mass is 10.0. The van der Waals surface area contributed by atoms with Crippen molar-refractivity contribution in [2.45, 2.75) is 38.5 Å². The largest absolute Gasteiger partial charge is 0.336 e. The molecule has 16 heavy (non-hydrogen) atoms. The molecule has 94 valence electrons. The fourth-order valence-corrected chi connectivity index (χ4v) is 2.38. The normalized spacial score (nSPS) is 17.0. The molecule has 0 N–H and O–H groups in total. The van der Waals surface area contributed by atoms with E-state index in [-0.39, 0.29) is 18.3 Å². The Balaban J connectivity index is 2.39. The van der Waals surface area contributed by atoms with E-state index >= 15 is 0 Å². The fourth-order valence-electron chi connectivity index (χ4n) is 2.18. The summed E-state index contributed by atoms with van der Waals surface area (Å²) >= 11 is 5.50. The van der Waals surface area contributed by atoms with Gasteiger partial charge < -0.3 is 4.90 Å². The Kier molecular flexibility index (Phi) is 6.03. The third-order valence-corrected chi connectivity index (χ3v) is 3.17. The molecule has 1 aliphatic rings. The number of amides is 1. The third-order valence-electron chi connectivity index (χ3n) is 3.00. The molecule has 2 nitrogen and oxygen atoms in total. The van der Waals surface area contributed by atoms with Crippen LogP contribution in [0.2, 0.25) is 0 Å². The zero-order valence-corrected chi connectivity index (χ0v) is 10.1. The first-order valence-corrected chi connectivity index (χ1v) is 6.28. The lowest BCUT2D eigenvalue weighted by molar-refractivity contribution is -0.133. The summed E-state index contributed by atoms with van der Waals surface area (Å²) in [7, 11) is 0. The van der Waals surface area contributed by atoms with Crippen molar-refractivity contribution in [1.82, 2.24) is 4.90 Å². The molecule has 0 aromatic rings. The van der Waals surface area contributed by atoms with Crippen LogP contribution in [0.25, 0.3) is 0 Å². The Bertz CT molecular complexity index is 220. The summed E-state index contributed by atoms with van der Waals surface area (Å²) < 4.78 is 24.5. The van der Waals surface area contributed by atoms with E-state index in [2.05, 4.69) is 0 Å². The van der Waals surface area contributed by atoms with Gasteiger partial charge in [0.1, 0.15) is 0 Å². The Hall–Kier alpha value is -0.380. The quantitative estimate of drug-likeness (QED) is 0.667.